The van der Waals surface area contributed by atoms with E-state index < -0.39 is 0 Å². The van der Waals surface area contributed by atoms with E-state index in [1.165, 1.54) is 25.7 Å². The average molecular weight is 293 g/mol. The van der Waals surface area contributed by atoms with Crippen LogP contribution in [0, 0.1) is 0 Å². The van der Waals surface area contributed by atoms with Crippen LogP contribution in [0.3, 0.4) is 0 Å². The van der Waals surface area contributed by atoms with E-state index in [0.29, 0.717) is 12.5 Å². The van der Waals surface area contributed by atoms with Crippen LogP contribution in [0.5, 0.6) is 0 Å². The fourth-order valence-corrected chi connectivity index (χ4v) is 2.95. The Labute approximate surface area is 123 Å². The van der Waals surface area contributed by atoms with Gasteiger partial charge in [-0.1, -0.05) is 12.8 Å². The summed E-state index contributed by atoms with van der Waals surface area (Å²) in [6.07, 6.45) is 5.65. The van der Waals surface area contributed by atoms with Crippen LogP contribution in [0.25, 0.3) is 0 Å². The van der Waals surface area contributed by atoms with Crippen LogP contribution in [0.4, 0.5) is 5.69 Å². The molecule has 1 saturated carbocycles. The second-order valence-electron chi connectivity index (χ2n) is 4.77. The monoisotopic (exact) mass is 293 g/mol. The topological polar surface area (TPSA) is 70.2 Å². The highest BCUT2D eigenvalue weighted by Crippen LogP contribution is 2.23. The molecular formula is C14H19N3O2S. The zero-order valence-corrected chi connectivity index (χ0v) is 12.0. The number of carbonyl (C=O) groups excluding carboxylic acids is 2. The molecule has 3 N–H and O–H groups in total. The SMILES string of the molecule is O=CNCC(=O)Nc1ccc(SNC2CCCC2)cc1. The highest BCUT2D eigenvalue weighted by Gasteiger charge is 2.14. The van der Waals surface area contributed by atoms with Crippen molar-refractivity contribution in [1.82, 2.24) is 10.0 Å². The van der Waals surface area contributed by atoms with Crippen molar-refractivity contribution in [2.75, 3.05) is 11.9 Å². The smallest absolute Gasteiger partial charge is 0.243 e. The summed E-state index contributed by atoms with van der Waals surface area (Å²) in [5, 5.41) is 5.04. The summed E-state index contributed by atoms with van der Waals surface area (Å²) in [7, 11) is 0. The van der Waals surface area contributed by atoms with Crippen LogP contribution in [0.1, 0.15) is 25.7 Å². The third-order valence-electron chi connectivity index (χ3n) is 3.18. The van der Waals surface area contributed by atoms with Gasteiger partial charge < -0.3 is 10.6 Å². The Bertz CT molecular complexity index is 444. The minimum absolute atomic E-state index is 0.0107. The molecule has 0 spiro atoms. The van der Waals surface area contributed by atoms with Crippen molar-refractivity contribution in [2.24, 2.45) is 0 Å². The lowest BCUT2D eigenvalue weighted by Crippen LogP contribution is -2.26. The standard InChI is InChI=1S/C14H19N3O2S/c18-10-15-9-14(19)16-11-5-7-13(8-6-11)20-17-12-3-1-2-4-12/h5-8,10,12,17H,1-4,9H2,(H,15,18)(H,16,19). The first-order valence-corrected chi connectivity index (χ1v) is 7.59. The molecule has 5 nitrogen and oxygen atoms in total. The van der Waals surface area contributed by atoms with Gasteiger partial charge >= 0.3 is 0 Å². The molecule has 0 radical (unpaired) electrons. The maximum Gasteiger partial charge on any atom is 0.243 e. The lowest BCUT2D eigenvalue weighted by Gasteiger charge is -2.11. The molecule has 108 valence electrons. The lowest BCUT2D eigenvalue weighted by atomic mass is 10.3. The van der Waals surface area contributed by atoms with E-state index in [0.717, 1.165) is 10.6 Å². The van der Waals surface area contributed by atoms with Gasteiger partial charge in [0.25, 0.3) is 0 Å². The Morgan fingerprint density at radius 3 is 2.60 bits per heavy atom. The molecule has 1 aliphatic rings. The fourth-order valence-electron chi connectivity index (χ4n) is 2.14. The van der Waals surface area contributed by atoms with E-state index in [1.54, 1.807) is 11.9 Å². The number of carbonyl (C=O) groups is 2. The molecule has 6 heteroatoms. The number of nitrogens with one attached hydrogen (secondary N) is 3. The van der Waals surface area contributed by atoms with Crippen molar-refractivity contribution < 1.29 is 9.59 Å². The predicted octanol–water partition coefficient (Wildman–Crippen LogP) is 1.91. The maximum atomic E-state index is 11.4. The highest BCUT2D eigenvalue weighted by atomic mass is 32.2. The molecule has 0 atom stereocenters. The third kappa shape index (κ3) is 4.86. The Balaban J connectivity index is 1.76. The summed E-state index contributed by atoms with van der Waals surface area (Å²) in [6, 6.07) is 8.27. The van der Waals surface area contributed by atoms with Gasteiger partial charge in [0, 0.05) is 16.6 Å². The molecule has 1 fully saturated rings. The van der Waals surface area contributed by atoms with E-state index in [1.807, 2.05) is 24.3 Å². The molecule has 2 rings (SSSR count). The van der Waals surface area contributed by atoms with E-state index in [4.69, 9.17) is 0 Å². The van der Waals surface area contributed by atoms with Gasteiger partial charge in [0.05, 0.1) is 6.54 Å². The summed E-state index contributed by atoms with van der Waals surface area (Å²) in [4.78, 5) is 22.6. The van der Waals surface area contributed by atoms with Crippen LogP contribution in [0.2, 0.25) is 0 Å². The summed E-state index contributed by atoms with van der Waals surface area (Å²) in [5.41, 5.74) is 0.730. The quantitative estimate of drug-likeness (QED) is 0.530. The number of anilines is 1. The molecule has 20 heavy (non-hydrogen) atoms. The summed E-state index contributed by atoms with van der Waals surface area (Å²) < 4.78 is 3.47. The van der Waals surface area contributed by atoms with Crippen molar-refractivity contribution in [1.29, 1.82) is 0 Å². The van der Waals surface area contributed by atoms with Gasteiger partial charge in [0.15, 0.2) is 0 Å². The first kappa shape index (κ1) is 14.9. The first-order chi connectivity index (χ1) is 9.78. The van der Waals surface area contributed by atoms with Gasteiger partial charge in [-0.15, -0.1) is 0 Å². The molecular weight excluding hydrogens is 274 g/mol. The van der Waals surface area contributed by atoms with Gasteiger partial charge in [-0.25, -0.2) is 0 Å². The zero-order chi connectivity index (χ0) is 14.2. The molecule has 0 bridgehead atoms. The molecule has 2 amide bonds. The molecule has 0 saturated heterocycles. The molecule has 1 aromatic rings. The zero-order valence-electron chi connectivity index (χ0n) is 11.2. The van der Waals surface area contributed by atoms with Crippen LogP contribution < -0.4 is 15.4 Å². The molecule has 1 aromatic carbocycles. The number of amides is 2. The summed E-state index contributed by atoms with van der Waals surface area (Å²) in [6.45, 7) is -0.0107. The first-order valence-electron chi connectivity index (χ1n) is 6.77. The van der Waals surface area contributed by atoms with Gasteiger partial charge in [-0.3, -0.25) is 14.3 Å². The van der Waals surface area contributed by atoms with E-state index >= 15 is 0 Å². The maximum absolute atomic E-state index is 11.4. The third-order valence-corrected chi connectivity index (χ3v) is 4.14. The number of benzene rings is 1. The minimum Gasteiger partial charge on any atom is -0.350 e. The number of rotatable bonds is 7. The van der Waals surface area contributed by atoms with Gasteiger partial charge in [0.1, 0.15) is 0 Å². The van der Waals surface area contributed by atoms with E-state index in [2.05, 4.69) is 15.4 Å². The Hall–Kier alpha value is -1.53. The van der Waals surface area contributed by atoms with E-state index in [9.17, 15) is 9.59 Å². The molecule has 0 aromatic heterocycles. The average Bonchev–Trinajstić information content (AvgIpc) is 2.98. The van der Waals surface area contributed by atoms with Crippen LogP contribution in [-0.2, 0) is 9.59 Å². The largest absolute Gasteiger partial charge is 0.350 e. The number of hydrogen-bond donors (Lipinski definition) is 3. The van der Waals surface area contributed by atoms with Crippen LogP contribution in [0.15, 0.2) is 29.2 Å². The molecule has 0 heterocycles. The fraction of sp³-hybridized carbons (Fsp3) is 0.429. The lowest BCUT2D eigenvalue weighted by molar-refractivity contribution is -0.118. The Morgan fingerprint density at radius 1 is 1.25 bits per heavy atom. The predicted molar refractivity (Wildman–Crippen MR) is 80.4 cm³/mol. The van der Waals surface area contributed by atoms with Gasteiger partial charge in [0.2, 0.25) is 12.3 Å². The summed E-state index contributed by atoms with van der Waals surface area (Å²) in [5.74, 6) is -0.235. The molecule has 0 aliphatic heterocycles. The highest BCUT2D eigenvalue weighted by molar-refractivity contribution is 7.97. The second kappa shape index (κ2) is 7.91. The molecule has 0 unspecified atom stereocenters. The van der Waals surface area contributed by atoms with Crippen molar-refractivity contribution in [3.8, 4) is 0 Å². The van der Waals surface area contributed by atoms with Crippen molar-refractivity contribution in [3.63, 3.8) is 0 Å². The van der Waals surface area contributed by atoms with Gasteiger partial charge in [-0.2, -0.15) is 0 Å². The molecule has 1 aliphatic carbocycles. The van der Waals surface area contributed by atoms with Crippen molar-refractivity contribution in [3.05, 3.63) is 24.3 Å². The van der Waals surface area contributed by atoms with Crippen LogP contribution >= 0.6 is 11.9 Å². The Kier molecular flexibility index (Phi) is 5.88. The Morgan fingerprint density at radius 2 is 1.95 bits per heavy atom. The van der Waals surface area contributed by atoms with E-state index in [-0.39, 0.29) is 12.5 Å². The van der Waals surface area contributed by atoms with Crippen LogP contribution in [-0.4, -0.2) is 24.9 Å². The minimum atomic E-state index is -0.235. The normalized spacial score (nSPS) is 15.0. The van der Waals surface area contributed by atoms with Crippen molar-refractivity contribution >= 4 is 30.0 Å². The number of hydrogen-bond acceptors (Lipinski definition) is 4. The van der Waals surface area contributed by atoms with Gasteiger partial charge in [-0.05, 0) is 49.1 Å². The summed E-state index contributed by atoms with van der Waals surface area (Å²) >= 11 is 1.64. The van der Waals surface area contributed by atoms with Crippen molar-refractivity contribution in [2.45, 2.75) is 36.6 Å². The second-order valence-corrected chi connectivity index (χ2v) is 5.68.